The van der Waals surface area contributed by atoms with Gasteiger partial charge in [-0.1, -0.05) is 30.3 Å². The van der Waals surface area contributed by atoms with Crippen molar-refractivity contribution in [3.63, 3.8) is 0 Å². The number of aliphatic carboxylic acids is 1. The maximum absolute atomic E-state index is 11.6. The van der Waals surface area contributed by atoms with E-state index in [1.807, 2.05) is 30.3 Å². The van der Waals surface area contributed by atoms with E-state index in [0.29, 0.717) is 19.4 Å². The van der Waals surface area contributed by atoms with Crippen molar-refractivity contribution in [2.45, 2.75) is 31.6 Å². The molecule has 1 aliphatic rings. The molecular formula is C14H17NO5. The van der Waals surface area contributed by atoms with Crippen molar-refractivity contribution in [3.8, 4) is 0 Å². The van der Waals surface area contributed by atoms with Crippen LogP contribution in [0.5, 0.6) is 0 Å². The minimum absolute atomic E-state index is 0.116. The number of nitrogens with one attached hydrogen (secondary N) is 1. The number of epoxide rings is 1. The molecule has 2 unspecified atom stereocenters. The standard InChI is InChI=1S/C14H17NO5/c16-13(17)12(7-6-11-9-19-11)15-14(18)20-8-10-4-2-1-3-5-10/h1-5,11-12H,6-9H2,(H,15,18)(H,16,17). The molecular weight excluding hydrogens is 262 g/mol. The van der Waals surface area contributed by atoms with Gasteiger partial charge in [0.2, 0.25) is 0 Å². The summed E-state index contributed by atoms with van der Waals surface area (Å²) in [7, 11) is 0. The minimum Gasteiger partial charge on any atom is -0.480 e. The lowest BCUT2D eigenvalue weighted by Crippen LogP contribution is -2.41. The van der Waals surface area contributed by atoms with Gasteiger partial charge in [0.25, 0.3) is 0 Å². The molecule has 0 spiro atoms. The number of hydrogen-bond acceptors (Lipinski definition) is 4. The molecule has 1 aliphatic heterocycles. The van der Waals surface area contributed by atoms with Crippen molar-refractivity contribution in [3.05, 3.63) is 35.9 Å². The van der Waals surface area contributed by atoms with Crippen LogP contribution in [0.2, 0.25) is 0 Å². The van der Waals surface area contributed by atoms with Crippen molar-refractivity contribution in [1.29, 1.82) is 0 Å². The fourth-order valence-electron chi connectivity index (χ4n) is 1.75. The van der Waals surface area contributed by atoms with Gasteiger partial charge in [-0.2, -0.15) is 0 Å². The third-order valence-corrected chi connectivity index (χ3v) is 2.98. The topological polar surface area (TPSA) is 88.2 Å². The molecule has 1 saturated heterocycles. The smallest absolute Gasteiger partial charge is 0.408 e. The summed E-state index contributed by atoms with van der Waals surface area (Å²) in [4.78, 5) is 22.6. The molecule has 2 rings (SSSR count). The van der Waals surface area contributed by atoms with Crippen molar-refractivity contribution in [2.24, 2.45) is 0 Å². The molecule has 2 N–H and O–H groups in total. The molecule has 1 aromatic rings. The van der Waals surface area contributed by atoms with Gasteiger partial charge in [0.1, 0.15) is 12.6 Å². The fourth-order valence-corrected chi connectivity index (χ4v) is 1.75. The normalized spacial score (nSPS) is 18.1. The second-order valence-corrected chi connectivity index (χ2v) is 4.63. The van der Waals surface area contributed by atoms with E-state index in [1.54, 1.807) is 0 Å². The third-order valence-electron chi connectivity index (χ3n) is 2.98. The van der Waals surface area contributed by atoms with Crippen LogP contribution in [0.4, 0.5) is 4.79 Å². The zero-order valence-electron chi connectivity index (χ0n) is 11.0. The lowest BCUT2D eigenvalue weighted by atomic mass is 10.1. The zero-order valence-corrected chi connectivity index (χ0v) is 11.0. The largest absolute Gasteiger partial charge is 0.480 e. The predicted molar refractivity (Wildman–Crippen MR) is 70.2 cm³/mol. The predicted octanol–water partition coefficient (Wildman–Crippen LogP) is 1.54. The van der Waals surface area contributed by atoms with E-state index in [1.165, 1.54) is 0 Å². The third kappa shape index (κ3) is 4.89. The Morgan fingerprint density at radius 2 is 2.10 bits per heavy atom. The summed E-state index contributed by atoms with van der Waals surface area (Å²) < 4.78 is 10.00. The van der Waals surface area contributed by atoms with Crippen molar-refractivity contribution in [1.82, 2.24) is 5.32 Å². The highest BCUT2D eigenvalue weighted by atomic mass is 16.6. The van der Waals surface area contributed by atoms with Gasteiger partial charge in [-0.3, -0.25) is 0 Å². The number of benzene rings is 1. The number of alkyl carbamates (subject to hydrolysis) is 1. The van der Waals surface area contributed by atoms with Crippen LogP contribution in [-0.2, 0) is 20.9 Å². The summed E-state index contributed by atoms with van der Waals surface area (Å²) in [5.41, 5.74) is 0.848. The van der Waals surface area contributed by atoms with Gasteiger partial charge in [-0.05, 0) is 18.4 Å². The van der Waals surface area contributed by atoms with Crippen molar-refractivity contribution < 1.29 is 24.2 Å². The Hall–Kier alpha value is -2.08. The molecule has 6 heteroatoms. The number of amides is 1. The molecule has 1 aromatic carbocycles. The molecule has 108 valence electrons. The molecule has 0 aliphatic carbocycles. The maximum atomic E-state index is 11.6. The molecule has 20 heavy (non-hydrogen) atoms. The molecule has 1 fully saturated rings. The van der Waals surface area contributed by atoms with Gasteiger partial charge in [0.05, 0.1) is 12.7 Å². The highest BCUT2D eigenvalue weighted by Crippen LogP contribution is 2.16. The highest BCUT2D eigenvalue weighted by Gasteiger charge is 2.27. The number of carboxylic acid groups (broad SMARTS) is 1. The van der Waals surface area contributed by atoms with Gasteiger partial charge in [-0.15, -0.1) is 0 Å². The van der Waals surface area contributed by atoms with Crippen LogP contribution in [0.25, 0.3) is 0 Å². The Bertz CT molecular complexity index is 458. The van der Waals surface area contributed by atoms with E-state index < -0.39 is 18.1 Å². The number of hydrogen-bond donors (Lipinski definition) is 2. The lowest BCUT2D eigenvalue weighted by Gasteiger charge is -2.14. The first-order valence-corrected chi connectivity index (χ1v) is 6.47. The molecule has 0 bridgehead atoms. The lowest BCUT2D eigenvalue weighted by molar-refractivity contribution is -0.139. The Labute approximate surface area is 116 Å². The van der Waals surface area contributed by atoms with E-state index in [4.69, 9.17) is 14.6 Å². The van der Waals surface area contributed by atoms with Crippen molar-refractivity contribution in [2.75, 3.05) is 6.61 Å². The summed E-state index contributed by atoms with van der Waals surface area (Å²) in [6.45, 7) is 0.787. The Kier molecular flexibility index (Phi) is 4.95. The van der Waals surface area contributed by atoms with Crippen molar-refractivity contribution >= 4 is 12.1 Å². The Morgan fingerprint density at radius 1 is 1.40 bits per heavy atom. The summed E-state index contributed by atoms with van der Waals surface area (Å²) in [6.07, 6.45) is 0.369. The molecule has 0 aromatic heterocycles. The summed E-state index contributed by atoms with van der Waals surface area (Å²) >= 11 is 0. The first kappa shape index (κ1) is 14.3. The molecule has 0 radical (unpaired) electrons. The number of carbonyl (C=O) groups excluding carboxylic acids is 1. The molecule has 1 heterocycles. The van der Waals surface area contributed by atoms with Crippen LogP contribution in [0.15, 0.2) is 30.3 Å². The SMILES string of the molecule is O=C(NC(CCC1CO1)C(=O)O)OCc1ccccc1. The molecule has 1 amide bonds. The summed E-state index contributed by atoms with van der Waals surface area (Å²) in [5, 5.41) is 11.4. The van der Waals surface area contributed by atoms with E-state index in [0.717, 1.165) is 5.56 Å². The minimum atomic E-state index is -1.07. The number of carbonyl (C=O) groups is 2. The van der Waals surface area contributed by atoms with Gasteiger partial charge in [0.15, 0.2) is 0 Å². The van der Waals surface area contributed by atoms with Crippen LogP contribution in [0, 0.1) is 0 Å². The Balaban J connectivity index is 1.74. The first-order chi connectivity index (χ1) is 9.65. The van der Waals surface area contributed by atoms with E-state index in [-0.39, 0.29) is 12.7 Å². The summed E-state index contributed by atoms with van der Waals surface area (Å²) in [6, 6.07) is 8.25. The highest BCUT2D eigenvalue weighted by molar-refractivity contribution is 5.79. The second-order valence-electron chi connectivity index (χ2n) is 4.63. The van der Waals surface area contributed by atoms with Crippen LogP contribution in [0.3, 0.4) is 0 Å². The second kappa shape index (κ2) is 6.91. The average molecular weight is 279 g/mol. The van der Waals surface area contributed by atoms with Gasteiger partial charge < -0.3 is 19.9 Å². The number of rotatable bonds is 7. The van der Waals surface area contributed by atoms with E-state index >= 15 is 0 Å². The summed E-state index contributed by atoms with van der Waals surface area (Å²) in [5.74, 6) is -1.07. The zero-order chi connectivity index (χ0) is 14.4. The van der Waals surface area contributed by atoms with Crippen LogP contribution in [-0.4, -0.2) is 35.9 Å². The average Bonchev–Trinajstić information content (AvgIpc) is 3.26. The number of ether oxygens (including phenoxy) is 2. The molecule has 0 saturated carbocycles. The molecule has 6 nitrogen and oxygen atoms in total. The quantitative estimate of drug-likeness (QED) is 0.739. The monoisotopic (exact) mass is 279 g/mol. The van der Waals surface area contributed by atoms with Crippen LogP contribution >= 0.6 is 0 Å². The molecule has 2 atom stereocenters. The maximum Gasteiger partial charge on any atom is 0.408 e. The van der Waals surface area contributed by atoms with Gasteiger partial charge in [-0.25, -0.2) is 9.59 Å². The fraction of sp³-hybridized carbons (Fsp3) is 0.429. The van der Waals surface area contributed by atoms with E-state index in [2.05, 4.69) is 5.32 Å². The Morgan fingerprint density at radius 3 is 2.70 bits per heavy atom. The van der Waals surface area contributed by atoms with Gasteiger partial charge in [0, 0.05) is 0 Å². The van der Waals surface area contributed by atoms with Crippen LogP contribution in [0.1, 0.15) is 18.4 Å². The van der Waals surface area contributed by atoms with E-state index in [9.17, 15) is 9.59 Å². The van der Waals surface area contributed by atoms with Crippen LogP contribution < -0.4 is 5.32 Å². The first-order valence-electron chi connectivity index (χ1n) is 6.47. The van der Waals surface area contributed by atoms with Gasteiger partial charge >= 0.3 is 12.1 Å². The number of carboxylic acids is 1.